The third-order valence-corrected chi connectivity index (χ3v) is 1.90. The van der Waals surface area contributed by atoms with Crippen LogP contribution in [0, 0.1) is 0 Å². The summed E-state index contributed by atoms with van der Waals surface area (Å²) < 4.78 is 5.09. The summed E-state index contributed by atoms with van der Waals surface area (Å²) >= 11 is 0. The van der Waals surface area contributed by atoms with Crippen molar-refractivity contribution in [1.29, 1.82) is 0 Å². The molecule has 1 fully saturated rings. The first-order chi connectivity index (χ1) is 5.65. The zero-order valence-corrected chi connectivity index (χ0v) is 8.04. The monoisotopic (exact) mass is 171 g/mol. The van der Waals surface area contributed by atoms with Gasteiger partial charge >= 0.3 is 6.09 Å². The van der Waals surface area contributed by atoms with Gasteiger partial charge in [-0.3, -0.25) is 0 Å². The number of hydrogen-bond acceptors (Lipinski definition) is 2. The molecule has 0 bridgehead atoms. The summed E-state index contributed by atoms with van der Waals surface area (Å²) in [5.74, 6) is 0. The van der Waals surface area contributed by atoms with E-state index in [1.54, 1.807) is 4.90 Å². The lowest BCUT2D eigenvalue weighted by molar-refractivity contribution is 0.0762. The SMILES string of the molecule is CCN(C(=O)OC(C)C)C1CC1. The Labute approximate surface area is 73.7 Å². The van der Waals surface area contributed by atoms with Crippen molar-refractivity contribution in [2.45, 2.75) is 45.8 Å². The van der Waals surface area contributed by atoms with Crippen molar-refractivity contribution in [2.24, 2.45) is 0 Å². The van der Waals surface area contributed by atoms with Crippen molar-refractivity contribution in [3.8, 4) is 0 Å². The zero-order valence-electron chi connectivity index (χ0n) is 8.04. The minimum Gasteiger partial charge on any atom is -0.447 e. The molecule has 0 aromatic heterocycles. The number of carbonyl (C=O) groups excluding carboxylic acids is 1. The average Bonchev–Trinajstić information content (AvgIpc) is 2.70. The zero-order chi connectivity index (χ0) is 9.14. The van der Waals surface area contributed by atoms with Crippen LogP contribution < -0.4 is 0 Å². The Balaban J connectivity index is 2.36. The van der Waals surface area contributed by atoms with Crippen molar-refractivity contribution in [1.82, 2.24) is 4.90 Å². The molecule has 3 nitrogen and oxygen atoms in total. The molecule has 12 heavy (non-hydrogen) atoms. The summed E-state index contributed by atoms with van der Waals surface area (Å²) in [6.07, 6.45) is 2.11. The van der Waals surface area contributed by atoms with Gasteiger partial charge in [-0.25, -0.2) is 4.79 Å². The van der Waals surface area contributed by atoms with Crippen LogP contribution in [0.2, 0.25) is 0 Å². The molecule has 0 radical (unpaired) electrons. The Kier molecular flexibility index (Phi) is 2.95. The highest BCUT2D eigenvalue weighted by atomic mass is 16.6. The van der Waals surface area contributed by atoms with Crippen LogP contribution in [0.4, 0.5) is 4.79 Å². The fourth-order valence-corrected chi connectivity index (χ4v) is 1.19. The van der Waals surface area contributed by atoms with Crippen molar-refractivity contribution >= 4 is 6.09 Å². The number of carbonyl (C=O) groups is 1. The van der Waals surface area contributed by atoms with E-state index in [4.69, 9.17) is 4.74 Å². The topological polar surface area (TPSA) is 29.5 Å². The Bertz CT molecular complexity index is 164. The molecule has 0 spiro atoms. The lowest BCUT2D eigenvalue weighted by atomic mass is 10.5. The standard InChI is InChI=1S/C9H17NO2/c1-4-10(8-5-6-8)9(11)12-7(2)3/h7-8H,4-6H2,1-3H3. The molecule has 0 unspecified atom stereocenters. The van der Waals surface area contributed by atoms with Crippen LogP contribution in [0.3, 0.4) is 0 Å². The minimum atomic E-state index is -0.157. The molecule has 0 heterocycles. The Morgan fingerprint density at radius 1 is 1.58 bits per heavy atom. The van der Waals surface area contributed by atoms with Gasteiger partial charge in [0.25, 0.3) is 0 Å². The number of nitrogens with zero attached hydrogens (tertiary/aromatic N) is 1. The van der Waals surface area contributed by atoms with Gasteiger partial charge in [-0.2, -0.15) is 0 Å². The van der Waals surface area contributed by atoms with Gasteiger partial charge in [0.1, 0.15) is 0 Å². The van der Waals surface area contributed by atoms with Crippen LogP contribution in [-0.2, 0) is 4.74 Å². The molecule has 3 heteroatoms. The summed E-state index contributed by atoms with van der Waals surface area (Å²) in [6, 6.07) is 0.459. The number of hydrogen-bond donors (Lipinski definition) is 0. The first kappa shape index (κ1) is 9.36. The van der Waals surface area contributed by atoms with E-state index in [0.717, 1.165) is 19.4 Å². The molecule has 0 N–H and O–H groups in total. The molecule has 0 saturated heterocycles. The summed E-state index contributed by atoms with van der Waals surface area (Å²) in [5, 5.41) is 0. The summed E-state index contributed by atoms with van der Waals surface area (Å²) in [4.78, 5) is 13.2. The van der Waals surface area contributed by atoms with Crippen molar-refractivity contribution < 1.29 is 9.53 Å². The lowest BCUT2D eigenvalue weighted by Crippen LogP contribution is -2.34. The van der Waals surface area contributed by atoms with E-state index < -0.39 is 0 Å². The molecule has 0 atom stereocenters. The van der Waals surface area contributed by atoms with E-state index in [1.165, 1.54) is 0 Å². The molecule has 1 aliphatic rings. The van der Waals surface area contributed by atoms with Crippen molar-refractivity contribution in [2.75, 3.05) is 6.54 Å². The number of rotatable bonds is 3. The predicted octanol–water partition coefficient (Wildman–Crippen LogP) is 2.02. The van der Waals surface area contributed by atoms with E-state index in [-0.39, 0.29) is 12.2 Å². The van der Waals surface area contributed by atoms with Gasteiger partial charge in [0.05, 0.1) is 6.10 Å². The summed E-state index contributed by atoms with van der Waals surface area (Å²) in [5.41, 5.74) is 0. The Morgan fingerprint density at radius 2 is 2.17 bits per heavy atom. The van der Waals surface area contributed by atoms with Gasteiger partial charge in [-0.05, 0) is 33.6 Å². The van der Waals surface area contributed by atoms with Crippen LogP contribution in [0.15, 0.2) is 0 Å². The Hall–Kier alpha value is -0.730. The molecule has 1 aliphatic carbocycles. The maximum atomic E-state index is 11.4. The van der Waals surface area contributed by atoms with Crippen LogP contribution in [0.5, 0.6) is 0 Å². The average molecular weight is 171 g/mol. The smallest absolute Gasteiger partial charge is 0.410 e. The van der Waals surface area contributed by atoms with Gasteiger partial charge in [-0.15, -0.1) is 0 Å². The lowest BCUT2D eigenvalue weighted by Gasteiger charge is -2.21. The van der Waals surface area contributed by atoms with Gasteiger partial charge in [0.2, 0.25) is 0 Å². The fourth-order valence-electron chi connectivity index (χ4n) is 1.19. The molecule has 1 rings (SSSR count). The van der Waals surface area contributed by atoms with Gasteiger partial charge in [0, 0.05) is 12.6 Å². The highest BCUT2D eigenvalue weighted by Crippen LogP contribution is 2.27. The van der Waals surface area contributed by atoms with Gasteiger partial charge in [0.15, 0.2) is 0 Å². The van der Waals surface area contributed by atoms with Crippen molar-refractivity contribution in [3.63, 3.8) is 0 Å². The van der Waals surface area contributed by atoms with E-state index in [1.807, 2.05) is 20.8 Å². The maximum absolute atomic E-state index is 11.4. The highest BCUT2D eigenvalue weighted by Gasteiger charge is 2.32. The first-order valence-electron chi connectivity index (χ1n) is 4.62. The quantitative estimate of drug-likeness (QED) is 0.650. The second-order valence-corrected chi connectivity index (χ2v) is 3.45. The normalized spacial score (nSPS) is 16.3. The van der Waals surface area contributed by atoms with Crippen LogP contribution in [-0.4, -0.2) is 29.7 Å². The third kappa shape index (κ3) is 2.40. The van der Waals surface area contributed by atoms with Crippen LogP contribution >= 0.6 is 0 Å². The van der Waals surface area contributed by atoms with E-state index >= 15 is 0 Å². The predicted molar refractivity (Wildman–Crippen MR) is 47.0 cm³/mol. The maximum Gasteiger partial charge on any atom is 0.410 e. The first-order valence-corrected chi connectivity index (χ1v) is 4.62. The van der Waals surface area contributed by atoms with Crippen LogP contribution in [0.1, 0.15) is 33.6 Å². The van der Waals surface area contributed by atoms with Crippen molar-refractivity contribution in [3.05, 3.63) is 0 Å². The molecule has 1 saturated carbocycles. The van der Waals surface area contributed by atoms with Gasteiger partial charge in [-0.1, -0.05) is 0 Å². The second-order valence-electron chi connectivity index (χ2n) is 3.45. The summed E-state index contributed by atoms with van der Waals surface area (Å²) in [6.45, 7) is 6.49. The largest absolute Gasteiger partial charge is 0.447 e. The van der Waals surface area contributed by atoms with Gasteiger partial charge < -0.3 is 9.64 Å². The van der Waals surface area contributed by atoms with E-state index in [2.05, 4.69) is 0 Å². The molecule has 70 valence electrons. The molecule has 0 aromatic rings. The molecular formula is C9H17NO2. The fraction of sp³-hybridized carbons (Fsp3) is 0.889. The molecule has 0 aliphatic heterocycles. The molecular weight excluding hydrogens is 154 g/mol. The third-order valence-electron chi connectivity index (χ3n) is 1.90. The molecule has 1 amide bonds. The Morgan fingerprint density at radius 3 is 2.50 bits per heavy atom. The molecule has 0 aromatic carbocycles. The van der Waals surface area contributed by atoms with E-state index in [9.17, 15) is 4.79 Å². The second kappa shape index (κ2) is 3.78. The highest BCUT2D eigenvalue weighted by molar-refractivity contribution is 5.68. The summed E-state index contributed by atoms with van der Waals surface area (Å²) in [7, 11) is 0. The number of ether oxygens (including phenoxy) is 1. The minimum absolute atomic E-state index is 0.00898. The number of amides is 1. The van der Waals surface area contributed by atoms with E-state index in [0.29, 0.717) is 6.04 Å². The van der Waals surface area contributed by atoms with Crippen LogP contribution in [0.25, 0.3) is 0 Å².